The first-order chi connectivity index (χ1) is 34.7. The molecule has 0 saturated carbocycles. The van der Waals surface area contributed by atoms with Gasteiger partial charge in [0.25, 0.3) is 5.91 Å². The van der Waals surface area contributed by atoms with Crippen LogP contribution in [0.4, 0.5) is 5.69 Å². The Hall–Kier alpha value is -7.64. The Morgan fingerprint density at radius 1 is 0.653 bits per heavy atom. The van der Waals surface area contributed by atoms with Gasteiger partial charge in [0.05, 0.1) is 12.5 Å². The molecular weight excluding hydrogens is 921 g/mol. The van der Waals surface area contributed by atoms with E-state index in [-0.39, 0.29) is 25.0 Å². The molecule has 372 valence electrons. The lowest BCUT2D eigenvalue weighted by Crippen LogP contribution is -2.63. The third-order valence-electron chi connectivity index (χ3n) is 13.8. The Kier molecular flexibility index (Phi) is 13.2. The van der Waals surface area contributed by atoms with Crippen LogP contribution in [0.15, 0.2) is 109 Å². The van der Waals surface area contributed by atoms with Gasteiger partial charge in [0.2, 0.25) is 29.5 Å². The molecule has 3 aliphatic rings. The van der Waals surface area contributed by atoms with Gasteiger partial charge in [-0.25, -0.2) is 0 Å². The van der Waals surface area contributed by atoms with Crippen molar-refractivity contribution in [2.45, 2.75) is 107 Å². The lowest BCUT2D eigenvalue weighted by Gasteiger charge is -2.30. The van der Waals surface area contributed by atoms with Crippen LogP contribution in [0.3, 0.4) is 0 Å². The van der Waals surface area contributed by atoms with Gasteiger partial charge in [-0.15, -0.1) is 0 Å². The van der Waals surface area contributed by atoms with Crippen molar-refractivity contribution in [2.75, 3.05) is 11.9 Å². The Balaban J connectivity index is 1.01. The van der Waals surface area contributed by atoms with E-state index >= 15 is 0 Å². The zero-order valence-electron chi connectivity index (χ0n) is 39.7. The van der Waals surface area contributed by atoms with Crippen molar-refractivity contribution in [3.63, 3.8) is 0 Å². The number of phenols is 1. The summed E-state index contributed by atoms with van der Waals surface area (Å²) in [5.74, 6) is -5.74. The molecule has 0 aliphatic carbocycles. The molecule has 5 unspecified atom stereocenters. The van der Waals surface area contributed by atoms with Crippen LogP contribution in [-0.4, -0.2) is 107 Å². The average Bonchev–Trinajstić information content (AvgIpc) is 4.02. The highest BCUT2D eigenvalue weighted by Gasteiger charge is 2.58. The van der Waals surface area contributed by atoms with E-state index in [1.807, 2.05) is 66.7 Å². The minimum atomic E-state index is -1.57. The highest BCUT2D eigenvalue weighted by Crippen LogP contribution is 2.39. The first kappa shape index (κ1) is 48.0. The molecule has 8 atom stereocenters. The zero-order valence-corrected chi connectivity index (χ0v) is 39.7. The molecule has 6 amide bonds. The number of unbranched alkanes of at least 4 members (excludes halogenated alkanes) is 1. The normalized spacial score (nSPS) is 24.9. The molecule has 3 aliphatic heterocycles. The molecule has 7 aromatic rings. The Bertz CT molecular complexity index is 3200. The SMILES string of the molecule is CC1(C)O[C@H]2OC3C(=O)NC(Cc4ccc(O)cc4)C(=O)N[C@H](Cc4c[nH]c5ccccc45)C(=O)NC(CCCCN)C(=O)NC(CC(=O)Nc4ccc5ccc6cccc7ccc4c5c67)C(=O)NC3[C@H]2O1. The fourth-order valence-corrected chi connectivity index (χ4v) is 10.2. The number of nitrogens with two attached hydrogens (primary N) is 1. The van der Waals surface area contributed by atoms with Crippen molar-refractivity contribution in [2.24, 2.45) is 5.73 Å². The fraction of sp³-hybridized carbons (Fsp3) is 0.333. The second kappa shape index (κ2) is 19.9. The number of aromatic amines is 1. The monoisotopic (exact) mass is 976 g/mol. The number of hydrogen-bond donors (Lipinski definition) is 9. The third kappa shape index (κ3) is 9.85. The summed E-state index contributed by atoms with van der Waals surface area (Å²) in [6.45, 7) is 3.60. The number of para-hydroxylation sites is 1. The van der Waals surface area contributed by atoms with Crippen LogP contribution in [-0.2, 0) is 55.8 Å². The number of carbonyl (C=O) groups is 6. The molecule has 0 spiro atoms. The fourth-order valence-electron chi connectivity index (χ4n) is 10.2. The van der Waals surface area contributed by atoms with Crippen LogP contribution in [0.2, 0.25) is 0 Å². The van der Waals surface area contributed by atoms with E-state index < -0.39 is 96.4 Å². The summed E-state index contributed by atoms with van der Waals surface area (Å²) in [6.07, 6.45) is -1.67. The lowest BCUT2D eigenvalue weighted by molar-refractivity contribution is -0.208. The number of ether oxygens (including phenoxy) is 3. The summed E-state index contributed by atoms with van der Waals surface area (Å²) in [5.41, 5.74) is 8.41. The number of anilines is 1. The van der Waals surface area contributed by atoms with Gasteiger partial charge in [0, 0.05) is 41.0 Å². The van der Waals surface area contributed by atoms with Gasteiger partial charge < -0.3 is 61.9 Å². The van der Waals surface area contributed by atoms with Gasteiger partial charge in [-0.05, 0) is 102 Å². The summed E-state index contributed by atoms with van der Waals surface area (Å²) >= 11 is 0. The van der Waals surface area contributed by atoms with Gasteiger partial charge >= 0.3 is 0 Å². The van der Waals surface area contributed by atoms with Crippen LogP contribution in [0, 0.1) is 0 Å². The van der Waals surface area contributed by atoms with Crippen molar-refractivity contribution < 1.29 is 48.1 Å². The molecular formula is C54H56N8O10. The quantitative estimate of drug-likeness (QED) is 0.0660. The van der Waals surface area contributed by atoms with E-state index in [0.717, 1.165) is 43.2 Å². The van der Waals surface area contributed by atoms with Crippen molar-refractivity contribution in [3.05, 3.63) is 120 Å². The standard InChI is InChI=1S/C54H56N8O10/c1-54(2)71-47-45-46(70-53(47)72-54)52(69)61-39(24-28-13-19-33(63)20-14-28)49(66)59-40(25-32-27-56-36-11-4-3-10-34(32)36)50(67)58-38(12-5-6-23-55)48(65)60-41(51(68)62-45)26-42(64)57-37-22-18-31-16-15-29-8-7-9-30-17-21-35(37)44(31)43(29)30/h3-4,7-11,13-22,27,38-41,45-47,53,56,63H,5-6,12,23-26,55H2,1-2H3,(H,57,64)(H,58,67)(H,59,66)(H,60,65)(H,61,69)(H,62,68)/t38?,39?,40-,41?,45?,46?,47-,53-/m1/s1. The molecule has 18 nitrogen and oxygen atoms in total. The Morgan fingerprint density at radius 3 is 2.06 bits per heavy atom. The van der Waals surface area contributed by atoms with E-state index in [1.165, 1.54) is 12.1 Å². The van der Waals surface area contributed by atoms with Crippen molar-refractivity contribution in [1.82, 2.24) is 31.6 Å². The number of fused-ring (bicyclic) bond motifs is 4. The first-order valence-corrected chi connectivity index (χ1v) is 24.2. The molecule has 3 fully saturated rings. The number of nitrogens with one attached hydrogen (secondary N) is 7. The van der Waals surface area contributed by atoms with Crippen LogP contribution in [0.5, 0.6) is 5.75 Å². The van der Waals surface area contributed by atoms with E-state index in [1.54, 1.807) is 38.2 Å². The average molecular weight is 977 g/mol. The summed E-state index contributed by atoms with van der Waals surface area (Å²) in [5, 5.41) is 33.8. The molecule has 18 heteroatoms. The summed E-state index contributed by atoms with van der Waals surface area (Å²) < 4.78 is 18.4. The number of aromatic hydroxyl groups is 1. The predicted octanol–water partition coefficient (Wildman–Crippen LogP) is 4.03. The maximum atomic E-state index is 14.9. The van der Waals surface area contributed by atoms with Crippen molar-refractivity contribution in [3.8, 4) is 5.75 Å². The molecule has 1 aromatic heterocycles. The molecule has 10 N–H and O–H groups in total. The smallest absolute Gasteiger partial charge is 0.252 e. The lowest BCUT2D eigenvalue weighted by atomic mass is 9.93. The molecule has 4 heterocycles. The summed E-state index contributed by atoms with van der Waals surface area (Å²) in [4.78, 5) is 91.0. The second-order valence-electron chi connectivity index (χ2n) is 19.2. The molecule has 10 rings (SSSR count). The number of benzene rings is 6. The number of aromatic nitrogens is 1. The summed E-state index contributed by atoms with van der Waals surface area (Å²) in [6, 6.07) is 24.6. The Labute approximate surface area is 413 Å². The number of hydrogen-bond acceptors (Lipinski definition) is 11. The van der Waals surface area contributed by atoms with Crippen LogP contribution in [0.25, 0.3) is 43.2 Å². The molecule has 0 radical (unpaired) electrons. The van der Waals surface area contributed by atoms with Gasteiger partial charge in [-0.2, -0.15) is 0 Å². The zero-order chi connectivity index (χ0) is 50.3. The molecule has 72 heavy (non-hydrogen) atoms. The van der Waals surface area contributed by atoms with Gasteiger partial charge in [-0.1, -0.05) is 78.9 Å². The molecule has 6 aromatic carbocycles. The molecule has 0 bridgehead atoms. The van der Waals surface area contributed by atoms with Crippen LogP contribution >= 0.6 is 0 Å². The molecule has 3 saturated heterocycles. The van der Waals surface area contributed by atoms with Gasteiger partial charge in [-0.3, -0.25) is 28.8 Å². The van der Waals surface area contributed by atoms with Crippen LogP contribution in [0.1, 0.15) is 50.7 Å². The number of H-pyrrole nitrogens is 1. The maximum Gasteiger partial charge on any atom is 0.252 e. The van der Waals surface area contributed by atoms with E-state index in [0.29, 0.717) is 36.2 Å². The van der Waals surface area contributed by atoms with Gasteiger partial charge in [0.1, 0.15) is 36.0 Å². The third-order valence-corrected chi connectivity index (χ3v) is 13.8. The van der Waals surface area contributed by atoms with Crippen LogP contribution < -0.4 is 37.6 Å². The predicted molar refractivity (Wildman–Crippen MR) is 268 cm³/mol. The van der Waals surface area contributed by atoms with E-state index in [2.05, 4.69) is 43.0 Å². The highest BCUT2D eigenvalue weighted by molar-refractivity contribution is 6.26. The summed E-state index contributed by atoms with van der Waals surface area (Å²) in [7, 11) is 0. The number of carbonyl (C=O) groups excluding carboxylic acids is 6. The largest absolute Gasteiger partial charge is 0.508 e. The van der Waals surface area contributed by atoms with E-state index in [9.17, 15) is 33.9 Å². The number of phenolic OH excluding ortho intramolecular Hbond substituents is 1. The number of amides is 6. The minimum Gasteiger partial charge on any atom is -0.508 e. The van der Waals surface area contributed by atoms with Crippen molar-refractivity contribution in [1.29, 1.82) is 0 Å². The van der Waals surface area contributed by atoms with Crippen molar-refractivity contribution >= 4 is 84.4 Å². The first-order valence-electron chi connectivity index (χ1n) is 24.2. The topological polar surface area (TPSA) is 264 Å². The van der Waals surface area contributed by atoms with Gasteiger partial charge in [0.15, 0.2) is 18.2 Å². The Morgan fingerprint density at radius 2 is 1.29 bits per heavy atom. The maximum absolute atomic E-state index is 14.9. The second-order valence-corrected chi connectivity index (χ2v) is 19.2. The van der Waals surface area contributed by atoms with E-state index in [4.69, 9.17) is 19.9 Å². The number of rotatable bonds is 11. The minimum absolute atomic E-state index is 0.0126. The highest BCUT2D eigenvalue weighted by atomic mass is 16.8.